The Morgan fingerprint density at radius 3 is 2.44 bits per heavy atom. The van der Waals surface area contributed by atoms with Gasteiger partial charge in [0.15, 0.2) is 18.1 Å². The van der Waals surface area contributed by atoms with Crippen LogP contribution in [0.3, 0.4) is 0 Å². The normalized spacial score (nSPS) is 11.7. The van der Waals surface area contributed by atoms with E-state index in [-0.39, 0.29) is 19.1 Å². The molecule has 0 spiro atoms. The van der Waals surface area contributed by atoms with E-state index in [1.165, 1.54) is 6.21 Å². The highest BCUT2D eigenvalue weighted by atomic mass is 35.5. The third-order valence-electron chi connectivity index (χ3n) is 6.35. The summed E-state index contributed by atoms with van der Waals surface area (Å²) in [5.41, 5.74) is 5.88. The maximum absolute atomic E-state index is 13.0. The Kier molecular flexibility index (Phi) is 13.1. The molecule has 0 aromatic heterocycles. The second-order valence-electron chi connectivity index (χ2n) is 10.4. The van der Waals surface area contributed by atoms with Crippen LogP contribution in [0.4, 0.5) is 0 Å². The van der Waals surface area contributed by atoms with Crippen molar-refractivity contribution in [3.05, 3.63) is 101 Å². The van der Waals surface area contributed by atoms with Gasteiger partial charge in [0.05, 0.1) is 12.8 Å². The lowest BCUT2D eigenvalue weighted by Gasteiger charge is -2.19. The van der Waals surface area contributed by atoms with Crippen molar-refractivity contribution < 1.29 is 23.8 Å². The molecule has 0 aliphatic rings. The molecular formula is C34H40ClN3O5. The van der Waals surface area contributed by atoms with Crippen LogP contribution in [-0.4, -0.2) is 37.3 Å². The highest BCUT2D eigenvalue weighted by molar-refractivity contribution is 6.31. The molecule has 0 aliphatic carbocycles. The molecule has 9 heteroatoms. The molecule has 0 unspecified atom stereocenters. The molecule has 0 fully saturated rings. The van der Waals surface area contributed by atoms with Gasteiger partial charge in [-0.1, -0.05) is 67.9 Å². The van der Waals surface area contributed by atoms with Crippen molar-refractivity contribution in [2.24, 2.45) is 11.0 Å². The van der Waals surface area contributed by atoms with Crippen LogP contribution in [-0.2, 0) is 22.6 Å². The van der Waals surface area contributed by atoms with Gasteiger partial charge in [0, 0.05) is 16.1 Å². The minimum absolute atomic E-state index is 0.158. The number of rotatable bonds is 16. The zero-order chi connectivity index (χ0) is 31.2. The van der Waals surface area contributed by atoms with Gasteiger partial charge in [-0.25, -0.2) is 5.43 Å². The molecule has 3 aromatic rings. The van der Waals surface area contributed by atoms with Crippen molar-refractivity contribution in [3.8, 4) is 17.2 Å². The Morgan fingerprint density at radius 2 is 1.74 bits per heavy atom. The zero-order valence-corrected chi connectivity index (χ0v) is 25.9. The Bertz CT molecular complexity index is 1420. The second-order valence-corrected chi connectivity index (χ2v) is 10.8. The van der Waals surface area contributed by atoms with Crippen LogP contribution in [0.25, 0.3) is 0 Å². The number of para-hydroxylation sites is 1. The van der Waals surface area contributed by atoms with Crippen LogP contribution >= 0.6 is 11.6 Å². The van der Waals surface area contributed by atoms with E-state index < -0.39 is 17.9 Å². The number of hydrazone groups is 1. The number of hydrogen-bond donors (Lipinski definition) is 2. The summed E-state index contributed by atoms with van der Waals surface area (Å²) in [6.45, 7) is 12.1. The first-order chi connectivity index (χ1) is 20.7. The standard InChI is InChI=1S/C34H40ClN3O5/c1-6-12-26-18-25(19-31(41-7-2)33(26)43-21-27-14-9-10-15-28(27)35)20-36-38-34(40)29(17-23(3)4)37-32(39)22-42-30-16-11-8-13-24(30)5/h6,8-11,13-16,18-20,23,29H,1,7,12,17,21-22H2,2-5H3,(H,37,39)(H,38,40)/b36-20-/t29-/m1/s1. The maximum Gasteiger partial charge on any atom is 0.262 e. The summed E-state index contributed by atoms with van der Waals surface area (Å²) < 4.78 is 17.7. The highest BCUT2D eigenvalue weighted by Gasteiger charge is 2.22. The van der Waals surface area contributed by atoms with Crippen LogP contribution in [0.5, 0.6) is 17.2 Å². The van der Waals surface area contributed by atoms with E-state index in [9.17, 15) is 9.59 Å². The lowest BCUT2D eigenvalue weighted by Crippen LogP contribution is -2.47. The number of allylic oxidation sites excluding steroid dienone is 1. The SMILES string of the molecule is C=CCc1cc(/C=N\NC(=O)[C@@H](CC(C)C)NC(=O)COc2ccccc2C)cc(OCC)c1OCc1ccccc1Cl. The van der Waals surface area contributed by atoms with Crippen LogP contribution in [0.15, 0.2) is 78.4 Å². The largest absolute Gasteiger partial charge is 0.490 e. The molecule has 228 valence electrons. The van der Waals surface area contributed by atoms with E-state index in [1.54, 1.807) is 18.2 Å². The van der Waals surface area contributed by atoms with Crippen molar-refractivity contribution in [3.63, 3.8) is 0 Å². The lowest BCUT2D eigenvalue weighted by atomic mass is 10.0. The van der Waals surface area contributed by atoms with Crippen LogP contribution in [0.2, 0.25) is 5.02 Å². The molecule has 0 saturated carbocycles. The van der Waals surface area contributed by atoms with Gasteiger partial charge in [0.2, 0.25) is 0 Å². The number of carbonyl (C=O) groups excluding carboxylic acids is 2. The van der Waals surface area contributed by atoms with Gasteiger partial charge in [-0.15, -0.1) is 6.58 Å². The topological polar surface area (TPSA) is 98.3 Å². The molecule has 0 heterocycles. The van der Waals surface area contributed by atoms with Crippen molar-refractivity contribution >= 4 is 29.6 Å². The Morgan fingerprint density at radius 1 is 1.00 bits per heavy atom. The van der Waals surface area contributed by atoms with E-state index >= 15 is 0 Å². The van der Waals surface area contributed by atoms with Gasteiger partial charge in [0.1, 0.15) is 18.4 Å². The van der Waals surface area contributed by atoms with E-state index in [1.807, 2.05) is 76.2 Å². The number of nitrogens with one attached hydrogen (secondary N) is 2. The summed E-state index contributed by atoms with van der Waals surface area (Å²) in [5, 5.41) is 7.56. The van der Waals surface area contributed by atoms with Gasteiger partial charge in [-0.2, -0.15) is 5.10 Å². The number of halogens is 1. The summed E-state index contributed by atoms with van der Waals surface area (Å²) in [7, 11) is 0. The molecular weight excluding hydrogens is 566 g/mol. The molecule has 3 aromatic carbocycles. The van der Waals surface area contributed by atoms with Crippen LogP contribution in [0, 0.1) is 12.8 Å². The Hall–Kier alpha value is -4.30. The van der Waals surface area contributed by atoms with Gasteiger partial charge in [0.25, 0.3) is 11.8 Å². The number of carbonyl (C=O) groups is 2. The summed E-state index contributed by atoms with van der Waals surface area (Å²) >= 11 is 6.32. The molecule has 0 aliphatic heterocycles. The Labute approximate surface area is 259 Å². The summed E-state index contributed by atoms with van der Waals surface area (Å²) in [5.74, 6) is 1.09. The minimum Gasteiger partial charge on any atom is -0.490 e. The average molecular weight is 606 g/mol. The van der Waals surface area contributed by atoms with Crippen molar-refractivity contribution in [2.75, 3.05) is 13.2 Å². The molecule has 0 saturated heterocycles. The number of benzene rings is 3. The second kappa shape index (κ2) is 17.0. The molecule has 8 nitrogen and oxygen atoms in total. The smallest absolute Gasteiger partial charge is 0.262 e. The van der Waals surface area contributed by atoms with E-state index in [0.29, 0.717) is 47.3 Å². The first-order valence-electron chi connectivity index (χ1n) is 14.3. The highest BCUT2D eigenvalue weighted by Crippen LogP contribution is 2.34. The van der Waals surface area contributed by atoms with E-state index in [0.717, 1.165) is 16.7 Å². The van der Waals surface area contributed by atoms with Crippen LogP contribution < -0.4 is 25.0 Å². The number of aryl methyl sites for hydroxylation is 1. The first-order valence-corrected chi connectivity index (χ1v) is 14.7. The van der Waals surface area contributed by atoms with Gasteiger partial charge < -0.3 is 19.5 Å². The fourth-order valence-corrected chi connectivity index (χ4v) is 4.50. The van der Waals surface area contributed by atoms with Crippen LogP contribution in [0.1, 0.15) is 49.4 Å². The van der Waals surface area contributed by atoms with E-state index in [4.69, 9.17) is 25.8 Å². The van der Waals surface area contributed by atoms with Gasteiger partial charge in [-0.05, 0) is 68.0 Å². The maximum atomic E-state index is 13.0. The predicted molar refractivity (Wildman–Crippen MR) is 171 cm³/mol. The lowest BCUT2D eigenvalue weighted by molar-refractivity contribution is -0.130. The third-order valence-corrected chi connectivity index (χ3v) is 6.72. The fourth-order valence-electron chi connectivity index (χ4n) is 4.31. The van der Waals surface area contributed by atoms with Crippen molar-refractivity contribution in [2.45, 2.75) is 53.2 Å². The van der Waals surface area contributed by atoms with Crippen molar-refractivity contribution in [1.82, 2.24) is 10.7 Å². The fraction of sp³-hybridized carbons (Fsp3) is 0.324. The minimum atomic E-state index is -0.777. The molecule has 0 radical (unpaired) electrons. The third kappa shape index (κ3) is 10.5. The average Bonchev–Trinajstić information content (AvgIpc) is 2.97. The first kappa shape index (κ1) is 33.2. The molecule has 2 N–H and O–H groups in total. The molecule has 43 heavy (non-hydrogen) atoms. The van der Waals surface area contributed by atoms with Crippen molar-refractivity contribution in [1.29, 1.82) is 0 Å². The zero-order valence-electron chi connectivity index (χ0n) is 25.2. The molecule has 1 atom stereocenters. The predicted octanol–water partition coefficient (Wildman–Crippen LogP) is 6.41. The molecule has 0 bridgehead atoms. The van der Waals surface area contributed by atoms with Gasteiger partial charge in [-0.3, -0.25) is 9.59 Å². The Balaban J connectivity index is 1.70. The molecule has 2 amide bonds. The quantitative estimate of drug-likeness (QED) is 0.112. The summed E-state index contributed by atoms with van der Waals surface area (Å²) in [4.78, 5) is 25.6. The molecule has 3 rings (SSSR count). The van der Waals surface area contributed by atoms with E-state index in [2.05, 4.69) is 22.4 Å². The number of hydrogen-bond acceptors (Lipinski definition) is 6. The van der Waals surface area contributed by atoms with Gasteiger partial charge >= 0.3 is 0 Å². The number of ether oxygens (including phenoxy) is 3. The summed E-state index contributed by atoms with van der Waals surface area (Å²) in [6.07, 6.45) is 4.27. The summed E-state index contributed by atoms with van der Waals surface area (Å²) in [6, 6.07) is 17.9. The number of amides is 2. The number of nitrogens with zero attached hydrogens (tertiary/aromatic N) is 1. The monoisotopic (exact) mass is 605 g/mol.